The second-order valence-corrected chi connectivity index (χ2v) is 20.7. The molecule has 332 valence electrons. The van der Waals surface area contributed by atoms with Crippen LogP contribution in [0.25, 0.3) is 131 Å². The van der Waals surface area contributed by atoms with Crippen LogP contribution in [0.1, 0.15) is 0 Å². The largest absolute Gasteiger partial charge is 0.218 e. The maximum absolute atomic E-state index is 17.4. The lowest BCUT2D eigenvalue weighted by atomic mass is 9.89. The average molecular weight is 923 g/mol. The van der Waals surface area contributed by atoms with Gasteiger partial charge in [0.2, 0.25) is 9.84 Å². The molecule has 0 unspecified atom stereocenters. The molecule has 14 aromatic rings. The van der Waals surface area contributed by atoms with Crippen LogP contribution in [0.3, 0.4) is 0 Å². The molecular formula is C68H42O2S. The van der Waals surface area contributed by atoms with Crippen molar-refractivity contribution in [3.8, 4) is 44.5 Å². The van der Waals surface area contributed by atoms with Crippen molar-refractivity contribution < 1.29 is 8.42 Å². The van der Waals surface area contributed by atoms with Crippen molar-refractivity contribution in [1.29, 1.82) is 0 Å². The number of fused-ring (bicyclic) bond motifs is 8. The summed E-state index contributed by atoms with van der Waals surface area (Å²) in [5.74, 6) is 0. The second kappa shape index (κ2) is 16.1. The van der Waals surface area contributed by atoms with Gasteiger partial charge in [0.25, 0.3) is 0 Å². The fourth-order valence-electron chi connectivity index (χ4n) is 11.3. The van der Waals surface area contributed by atoms with Gasteiger partial charge in [-0.05, 0) is 194 Å². The lowest BCUT2D eigenvalue weighted by Crippen LogP contribution is -2.10. The Labute approximate surface area is 411 Å². The van der Waals surface area contributed by atoms with Crippen molar-refractivity contribution in [2.45, 2.75) is 9.79 Å². The van der Waals surface area contributed by atoms with Gasteiger partial charge < -0.3 is 0 Å². The molecule has 0 aliphatic heterocycles. The summed E-state index contributed by atoms with van der Waals surface area (Å²) >= 11 is 0. The van der Waals surface area contributed by atoms with Crippen molar-refractivity contribution in [2.24, 2.45) is 0 Å². The van der Waals surface area contributed by atoms with Crippen LogP contribution < -0.4 is 0 Å². The highest BCUT2D eigenvalue weighted by Crippen LogP contribution is 2.50. The summed E-state index contributed by atoms with van der Waals surface area (Å²) in [6.45, 7) is 0. The van der Waals surface area contributed by atoms with Gasteiger partial charge in [0.05, 0.1) is 9.79 Å². The molecule has 71 heavy (non-hydrogen) atoms. The van der Waals surface area contributed by atoms with Gasteiger partial charge in [-0.3, -0.25) is 0 Å². The predicted molar refractivity (Wildman–Crippen MR) is 300 cm³/mol. The molecule has 0 heterocycles. The number of hydrogen-bond donors (Lipinski definition) is 0. The smallest absolute Gasteiger partial charge is 0.209 e. The minimum Gasteiger partial charge on any atom is -0.218 e. The van der Waals surface area contributed by atoms with Crippen molar-refractivity contribution in [3.63, 3.8) is 0 Å². The Kier molecular flexibility index (Phi) is 9.32. The Balaban J connectivity index is 1.17. The first-order valence-electron chi connectivity index (χ1n) is 24.1. The van der Waals surface area contributed by atoms with Gasteiger partial charge in [-0.25, -0.2) is 8.42 Å². The summed E-state index contributed by atoms with van der Waals surface area (Å²) in [5.41, 5.74) is 6.57. The highest BCUT2D eigenvalue weighted by Gasteiger charge is 2.34. The van der Waals surface area contributed by atoms with E-state index in [9.17, 15) is 0 Å². The molecule has 14 aromatic carbocycles. The van der Waals surface area contributed by atoms with Crippen LogP contribution in [-0.2, 0) is 9.84 Å². The Bertz CT molecular complexity index is 4310. The topological polar surface area (TPSA) is 34.1 Å². The van der Waals surface area contributed by atoms with Crippen LogP contribution in [0.15, 0.2) is 265 Å². The molecule has 3 heteroatoms. The van der Waals surface area contributed by atoms with E-state index in [1.165, 1.54) is 10.8 Å². The quantitative estimate of drug-likeness (QED) is 0.156. The molecule has 14 rings (SSSR count). The van der Waals surface area contributed by atoms with E-state index < -0.39 is 9.84 Å². The zero-order valence-corrected chi connectivity index (χ0v) is 39.3. The van der Waals surface area contributed by atoms with Crippen LogP contribution in [0.4, 0.5) is 0 Å². The first kappa shape index (κ1) is 41.1. The summed E-state index contributed by atoms with van der Waals surface area (Å²) in [5, 5.41) is 16.2. The van der Waals surface area contributed by atoms with Crippen LogP contribution in [-0.4, -0.2) is 8.42 Å². The molecule has 0 aromatic heterocycles. The fraction of sp³-hybridized carbons (Fsp3) is 0. The molecule has 0 fully saturated rings. The van der Waals surface area contributed by atoms with Gasteiger partial charge in [-0.2, -0.15) is 0 Å². The van der Waals surface area contributed by atoms with Gasteiger partial charge in [-0.15, -0.1) is 0 Å². The predicted octanol–water partition coefficient (Wildman–Crippen LogP) is 18.4. The molecule has 0 aliphatic rings. The SMILES string of the molecule is O=S(=O)(c1c(-c2ccccc2)c(-c2ccccc2)cc2cc3cc4cc5ccccc5cc4cc3cc12)c1c(-c2ccccc2)c(-c2ccccc2)cc2cc3cc4cc5ccccc5cc4cc3cc12. The molecule has 0 N–H and O–H groups in total. The minimum absolute atomic E-state index is 0.286. The average Bonchev–Trinajstić information content (AvgIpc) is 3.41. The molecule has 0 saturated carbocycles. The van der Waals surface area contributed by atoms with Gasteiger partial charge in [0.1, 0.15) is 0 Å². The highest BCUT2D eigenvalue weighted by molar-refractivity contribution is 7.92. The van der Waals surface area contributed by atoms with Crippen molar-refractivity contribution >= 4 is 96.0 Å². The van der Waals surface area contributed by atoms with Gasteiger partial charge in [-0.1, -0.05) is 170 Å². The lowest BCUT2D eigenvalue weighted by molar-refractivity contribution is 0.598. The number of hydrogen-bond acceptors (Lipinski definition) is 2. The number of sulfone groups is 1. The molecule has 0 spiro atoms. The molecule has 0 atom stereocenters. The standard InChI is InChI=1S/C68H42O2S/c69-71(70,67-63-39-57-35-53-31-49-27-15-13-25-47(49)29-51(53)33-55(57)37-59(63)41-61(43-17-5-1-6-18-43)65(67)45-21-9-3-10-22-45)68-64-40-58-36-54-32-50-28-16-14-26-48(50)30-52(54)34-56(58)38-60(64)42-62(44-19-7-2-8-20-44)66(68)46-23-11-4-12-24-46/h1-42H. The summed E-state index contributed by atoms with van der Waals surface area (Å²) < 4.78 is 34.8. The van der Waals surface area contributed by atoms with E-state index in [1.807, 2.05) is 97.1 Å². The third-order valence-corrected chi connectivity index (χ3v) is 16.5. The van der Waals surface area contributed by atoms with Crippen molar-refractivity contribution in [2.75, 3.05) is 0 Å². The van der Waals surface area contributed by atoms with Gasteiger partial charge >= 0.3 is 0 Å². The minimum atomic E-state index is -4.49. The normalized spacial score (nSPS) is 12.1. The van der Waals surface area contributed by atoms with E-state index in [0.29, 0.717) is 21.9 Å². The van der Waals surface area contributed by atoms with Gasteiger partial charge in [0.15, 0.2) is 0 Å². The molecule has 0 bridgehead atoms. The van der Waals surface area contributed by atoms with Gasteiger partial charge in [0, 0.05) is 21.9 Å². The van der Waals surface area contributed by atoms with Crippen LogP contribution >= 0.6 is 0 Å². The maximum atomic E-state index is 17.4. The Hall–Kier alpha value is -8.89. The number of benzene rings is 14. The van der Waals surface area contributed by atoms with Crippen LogP contribution in [0.2, 0.25) is 0 Å². The highest BCUT2D eigenvalue weighted by atomic mass is 32.2. The van der Waals surface area contributed by atoms with E-state index in [4.69, 9.17) is 0 Å². The zero-order valence-electron chi connectivity index (χ0n) is 38.5. The Morgan fingerprint density at radius 2 is 0.451 bits per heavy atom. The molecule has 2 nitrogen and oxygen atoms in total. The van der Waals surface area contributed by atoms with E-state index in [2.05, 4.69) is 158 Å². The summed E-state index contributed by atoms with van der Waals surface area (Å²) in [4.78, 5) is 0.573. The molecule has 0 radical (unpaired) electrons. The zero-order chi connectivity index (χ0) is 47.2. The van der Waals surface area contributed by atoms with Crippen LogP contribution in [0.5, 0.6) is 0 Å². The van der Waals surface area contributed by atoms with E-state index in [0.717, 1.165) is 98.0 Å². The Morgan fingerprint density at radius 3 is 0.761 bits per heavy atom. The van der Waals surface area contributed by atoms with E-state index >= 15 is 8.42 Å². The molecular weight excluding hydrogens is 881 g/mol. The first-order valence-corrected chi connectivity index (χ1v) is 25.6. The van der Waals surface area contributed by atoms with Crippen molar-refractivity contribution in [1.82, 2.24) is 0 Å². The lowest BCUT2D eigenvalue weighted by Gasteiger charge is -2.24. The third-order valence-electron chi connectivity index (χ3n) is 14.6. The Morgan fingerprint density at radius 1 is 0.211 bits per heavy atom. The van der Waals surface area contributed by atoms with E-state index in [1.54, 1.807) is 0 Å². The summed E-state index contributed by atoms with van der Waals surface area (Å²) in [6.07, 6.45) is 0. The molecule has 0 aliphatic carbocycles. The second-order valence-electron chi connectivity index (χ2n) is 18.9. The first-order chi connectivity index (χ1) is 34.9. The van der Waals surface area contributed by atoms with Crippen LogP contribution in [0, 0.1) is 0 Å². The number of rotatable bonds is 6. The molecule has 0 saturated heterocycles. The van der Waals surface area contributed by atoms with Crippen molar-refractivity contribution in [3.05, 3.63) is 255 Å². The molecule has 0 amide bonds. The third kappa shape index (κ3) is 6.81. The summed E-state index contributed by atoms with van der Waals surface area (Å²) in [7, 11) is -4.49. The fourth-order valence-corrected chi connectivity index (χ4v) is 13.4. The van der Waals surface area contributed by atoms with E-state index in [-0.39, 0.29) is 9.79 Å². The monoisotopic (exact) mass is 922 g/mol. The summed E-state index contributed by atoms with van der Waals surface area (Å²) in [6, 6.07) is 88.5. The maximum Gasteiger partial charge on any atom is 0.209 e.